The Morgan fingerprint density at radius 3 is 2.36 bits per heavy atom. The Hall–Kier alpha value is -3.37. The van der Waals surface area contributed by atoms with E-state index in [2.05, 4.69) is 54.7 Å². The number of methoxy groups -OCH3 is 1. The fourth-order valence-corrected chi connectivity index (χ4v) is 6.64. The highest BCUT2D eigenvalue weighted by atomic mass is 32.2. The van der Waals surface area contributed by atoms with E-state index in [0.717, 1.165) is 11.3 Å². The highest BCUT2D eigenvalue weighted by Gasteiger charge is 2.54. The lowest BCUT2D eigenvalue weighted by Crippen LogP contribution is -2.75. The van der Waals surface area contributed by atoms with E-state index in [0.29, 0.717) is 18.4 Å². The van der Waals surface area contributed by atoms with Gasteiger partial charge in [-0.2, -0.15) is 4.72 Å². The highest BCUT2D eigenvalue weighted by molar-refractivity contribution is 7.89. The van der Waals surface area contributed by atoms with E-state index in [9.17, 15) is 18.0 Å². The van der Waals surface area contributed by atoms with Crippen molar-refractivity contribution in [1.29, 1.82) is 0 Å². The van der Waals surface area contributed by atoms with Crippen LogP contribution in [0.15, 0.2) is 76.4 Å². The van der Waals surface area contributed by atoms with Crippen LogP contribution in [-0.2, 0) is 24.3 Å². The molecule has 0 saturated carbocycles. The van der Waals surface area contributed by atoms with E-state index in [1.807, 2.05) is 6.08 Å². The van der Waals surface area contributed by atoms with Gasteiger partial charge in [0.05, 0.1) is 31.1 Å². The predicted octanol–water partition coefficient (Wildman–Crippen LogP) is 3.17. The molecule has 1 saturated heterocycles. The smallest absolute Gasteiger partial charge is 0.330 e. The van der Waals surface area contributed by atoms with Crippen LogP contribution in [-0.4, -0.2) is 74.5 Å². The van der Waals surface area contributed by atoms with Crippen molar-refractivity contribution in [1.82, 2.24) is 14.5 Å². The second kappa shape index (κ2) is 11.0. The number of sulfonamides is 1. The molecule has 0 bridgehead atoms. The zero-order chi connectivity index (χ0) is 28.5. The monoisotopic (exact) mass is 555 g/mol. The first-order valence-corrected chi connectivity index (χ1v) is 14.6. The maximum atomic E-state index is 13.2. The lowest BCUT2D eigenvalue weighted by atomic mass is 9.90. The SMILES string of the molecule is COC(=O)C1(NS(=O)(=O)c2ccc(OCC3=C4C=CC=CC4N(C(C)C)C(C)=C3)cc2)CN(C(=O)C(C)C)C1. The Bertz CT molecular complexity index is 1350. The fraction of sp³-hybridized carbons (Fsp3) is 0.448. The molecule has 1 aromatic rings. The van der Waals surface area contributed by atoms with Gasteiger partial charge < -0.3 is 19.3 Å². The fourth-order valence-electron chi connectivity index (χ4n) is 5.30. The quantitative estimate of drug-likeness (QED) is 0.467. The molecule has 0 spiro atoms. The Kier molecular flexibility index (Phi) is 8.09. The summed E-state index contributed by atoms with van der Waals surface area (Å²) in [6.07, 6.45) is 10.5. The first-order valence-electron chi connectivity index (χ1n) is 13.1. The average molecular weight is 556 g/mol. The number of fused-ring (bicyclic) bond motifs is 1. The van der Waals surface area contributed by atoms with Crippen molar-refractivity contribution in [2.75, 3.05) is 26.8 Å². The van der Waals surface area contributed by atoms with Gasteiger partial charge in [0.1, 0.15) is 12.4 Å². The number of carbonyl (C=O) groups excluding carboxylic acids is 2. The van der Waals surface area contributed by atoms with E-state index < -0.39 is 21.5 Å². The van der Waals surface area contributed by atoms with Gasteiger partial charge in [0.25, 0.3) is 0 Å². The number of benzene rings is 1. The first-order chi connectivity index (χ1) is 18.4. The van der Waals surface area contributed by atoms with Crippen LogP contribution in [0.1, 0.15) is 34.6 Å². The van der Waals surface area contributed by atoms with Crippen LogP contribution >= 0.6 is 0 Å². The zero-order valence-electron chi connectivity index (χ0n) is 23.3. The minimum Gasteiger partial charge on any atom is -0.489 e. The van der Waals surface area contributed by atoms with Gasteiger partial charge in [-0.1, -0.05) is 38.2 Å². The Labute approximate surface area is 230 Å². The highest BCUT2D eigenvalue weighted by Crippen LogP contribution is 2.33. The summed E-state index contributed by atoms with van der Waals surface area (Å²) in [6, 6.07) is 6.55. The summed E-state index contributed by atoms with van der Waals surface area (Å²) in [5, 5.41) is 0. The number of allylic oxidation sites excluding steroid dienone is 3. The van der Waals surface area contributed by atoms with Gasteiger partial charge in [-0.15, -0.1) is 0 Å². The van der Waals surface area contributed by atoms with Crippen molar-refractivity contribution in [3.05, 3.63) is 71.5 Å². The van der Waals surface area contributed by atoms with Crippen molar-refractivity contribution in [3.8, 4) is 5.75 Å². The van der Waals surface area contributed by atoms with Gasteiger partial charge in [0, 0.05) is 17.7 Å². The molecule has 1 aromatic carbocycles. The van der Waals surface area contributed by atoms with Crippen LogP contribution in [0.4, 0.5) is 0 Å². The molecule has 1 unspecified atom stereocenters. The number of esters is 1. The third kappa shape index (κ3) is 5.67. The van der Waals surface area contributed by atoms with Crippen molar-refractivity contribution < 1.29 is 27.5 Å². The standard InChI is InChI=1S/C29H37N3O6S/c1-19(2)27(33)31-17-29(18-31,28(34)37-6)30-39(35,36)24-13-11-23(12-14-24)38-16-22-15-21(5)32(20(3)4)26-10-8-7-9-25(22)26/h7-15,19-20,26,30H,16-18H2,1-6H3. The Morgan fingerprint density at radius 2 is 1.77 bits per heavy atom. The molecule has 2 aliphatic heterocycles. The van der Waals surface area contributed by atoms with Crippen LogP contribution in [0.25, 0.3) is 0 Å². The number of nitrogens with one attached hydrogen (secondary N) is 1. The molecule has 0 aromatic heterocycles. The molecule has 9 nitrogen and oxygen atoms in total. The van der Waals surface area contributed by atoms with Gasteiger partial charge in [0.2, 0.25) is 15.9 Å². The number of hydrogen-bond donors (Lipinski definition) is 1. The lowest BCUT2D eigenvalue weighted by Gasteiger charge is -2.48. The van der Waals surface area contributed by atoms with E-state index in [1.54, 1.807) is 26.0 Å². The topological polar surface area (TPSA) is 105 Å². The molecule has 2 heterocycles. The number of ether oxygens (including phenoxy) is 2. The molecule has 0 radical (unpaired) electrons. The van der Waals surface area contributed by atoms with Crippen LogP contribution in [0, 0.1) is 5.92 Å². The molecular weight excluding hydrogens is 518 g/mol. The molecule has 39 heavy (non-hydrogen) atoms. The van der Waals surface area contributed by atoms with E-state index in [4.69, 9.17) is 9.47 Å². The van der Waals surface area contributed by atoms with Gasteiger partial charge >= 0.3 is 5.97 Å². The van der Waals surface area contributed by atoms with Gasteiger partial charge in [-0.25, -0.2) is 13.2 Å². The summed E-state index contributed by atoms with van der Waals surface area (Å²) < 4.78 is 39.7. The molecule has 10 heteroatoms. The molecule has 4 rings (SSSR count). The van der Waals surface area contributed by atoms with E-state index in [-0.39, 0.29) is 35.9 Å². The molecule has 1 amide bonds. The Balaban J connectivity index is 1.46. The van der Waals surface area contributed by atoms with E-state index >= 15 is 0 Å². The average Bonchev–Trinajstić information content (AvgIpc) is 2.88. The largest absolute Gasteiger partial charge is 0.489 e. The number of amides is 1. The summed E-state index contributed by atoms with van der Waals surface area (Å²) in [5.41, 5.74) is 1.89. The second-order valence-corrected chi connectivity index (χ2v) is 12.4. The van der Waals surface area contributed by atoms with Crippen LogP contribution in [0.5, 0.6) is 5.75 Å². The maximum absolute atomic E-state index is 13.2. The molecule has 3 aliphatic rings. The predicted molar refractivity (Wildman–Crippen MR) is 148 cm³/mol. The minimum atomic E-state index is -4.08. The van der Waals surface area contributed by atoms with Crippen molar-refractivity contribution in [2.45, 2.75) is 57.1 Å². The van der Waals surface area contributed by atoms with Crippen LogP contribution in [0.3, 0.4) is 0 Å². The number of hydrogen-bond acceptors (Lipinski definition) is 7. The second-order valence-electron chi connectivity index (χ2n) is 10.7. The summed E-state index contributed by atoms with van der Waals surface area (Å²) in [5.74, 6) is -0.631. The molecule has 1 aliphatic carbocycles. The van der Waals surface area contributed by atoms with Gasteiger partial charge in [0.15, 0.2) is 5.54 Å². The molecule has 1 N–H and O–H groups in total. The summed E-state index contributed by atoms with van der Waals surface area (Å²) >= 11 is 0. The van der Waals surface area contributed by atoms with Crippen molar-refractivity contribution in [3.63, 3.8) is 0 Å². The Morgan fingerprint density at radius 1 is 1.10 bits per heavy atom. The van der Waals surface area contributed by atoms with Gasteiger partial charge in [-0.3, -0.25) is 4.79 Å². The normalized spacial score (nSPS) is 20.1. The summed E-state index contributed by atoms with van der Waals surface area (Å²) in [6.45, 7) is 10.1. The zero-order valence-corrected chi connectivity index (χ0v) is 24.1. The molecule has 1 fully saturated rings. The number of likely N-dealkylation sites (tertiary alicyclic amines) is 1. The first kappa shape index (κ1) is 28.6. The summed E-state index contributed by atoms with van der Waals surface area (Å²) in [7, 11) is -2.89. The molecule has 1 atom stereocenters. The van der Waals surface area contributed by atoms with Crippen molar-refractivity contribution in [2.24, 2.45) is 5.92 Å². The van der Waals surface area contributed by atoms with Crippen LogP contribution < -0.4 is 9.46 Å². The molecule has 210 valence electrons. The minimum absolute atomic E-state index is 0.0183. The number of nitrogens with zero attached hydrogens (tertiary/aromatic N) is 2. The molecular formula is C29H37N3O6S. The third-order valence-corrected chi connectivity index (χ3v) is 8.73. The third-order valence-electron chi connectivity index (χ3n) is 7.18. The van der Waals surface area contributed by atoms with Gasteiger partial charge in [-0.05, 0) is 62.3 Å². The maximum Gasteiger partial charge on any atom is 0.330 e. The number of rotatable bonds is 9. The summed E-state index contributed by atoms with van der Waals surface area (Å²) in [4.78, 5) is 28.6. The lowest BCUT2D eigenvalue weighted by molar-refractivity contribution is -0.161. The number of carbonyl (C=O) groups is 2. The van der Waals surface area contributed by atoms with Crippen LogP contribution in [0.2, 0.25) is 0 Å². The van der Waals surface area contributed by atoms with E-state index in [1.165, 1.54) is 29.7 Å². The van der Waals surface area contributed by atoms with Crippen molar-refractivity contribution >= 4 is 21.9 Å².